The fourth-order valence-electron chi connectivity index (χ4n) is 4.46. The van der Waals surface area contributed by atoms with Crippen molar-refractivity contribution in [3.05, 3.63) is 95.3 Å². The second-order valence-corrected chi connectivity index (χ2v) is 9.17. The van der Waals surface area contributed by atoms with Gasteiger partial charge in [0, 0.05) is 37.3 Å². The van der Waals surface area contributed by atoms with E-state index in [4.69, 9.17) is 4.74 Å². The number of carboxylic acid groups (broad SMARTS) is 1. The van der Waals surface area contributed by atoms with Crippen molar-refractivity contribution in [1.82, 2.24) is 10.2 Å². The molecule has 1 saturated heterocycles. The minimum Gasteiger partial charge on any atom is -0.481 e. The van der Waals surface area contributed by atoms with E-state index in [2.05, 4.69) is 10.6 Å². The second-order valence-electron chi connectivity index (χ2n) is 9.17. The van der Waals surface area contributed by atoms with Crippen LogP contribution in [0.5, 0.6) is 0 Å². The van der Waals surface area contributed by atoms with Crippen LogP contribution in [-0.4, -0.2) is 67.2 Å². The number of amides is 3. The van der Waals surface area contributed by atoms with Gasteiger partial charge in [-0.3, -0.25) is 14.4 Å². The highest BCUT2D eigenvalue weighted by Gasteiger charge is 2.25. The highest BCUT2D eigenvalue weighted by atomic mass is 19.1. The molecule has 0 bridgehead atoms. The molecule has 0 aliphatic carbocycles. The number of carbonyl (C=O) groups excluding carboxylic acids is 3. The van der Waals surface area contributed by atoms with Crippen LogP contribution in [0.25, 0.3) is 0 Å². The zero-order valence-electron chi connectivity index (χ0n) is 21.8. The van der Waals surface area contributed by atoms with Crippen molar-refractivity contribution in [3.8, 4) is 0 Å². The summed E-state index contributed by atoms with van der Waals surface area (Å²) in [7, 11) is 1.33. The maximum absolute atomic E-state index is 13.4. The van der Waals surface area contributed by atoms with Gasteiger partial charge in [-0.1, -0.05) is 30.3 Å². The van der Waals surface area contributed by atoms with Crippen LogP contribution in [-0.2, 0) is 9.53 Å². The molecule has 1 heterocycles. The van der Waals surface area contributed by atoms with Crippen molar-refractivity contribution in [2.75, 3.05) is 43.5 Å². The normalized spacial score (nSPS) is 13.8. The number of ether oxygens (including phenoxy) is 1. The number of nitrogens with one attached hydrogen (secondary N) is 2. The van der Waals surface area contributed by atoms with Crippen LogP contribution >= 0.6 is 0 Å². The topological polar surface area (TPSA) is 128 Å². The van der Waals surface area contributed by atoms with Crippen molar-refractivity contribution in [1.29, 1.82) is 0 Å². The molecule has 208 valence electrons. The molecule has 1 fully saturated rings. The molecule has 1 atom stereocenters. The summed E-state index contributed by atoms with van der Waals surface area (Å²) in [5.74, 6) is -2.55. The fourth-order valence-corrected chi connectivity index (χ4v) is 4.46. The molecule has 1 aliphatic rings. The lowest BCUT2D eigenvalue weighted by molar-refractivity contribution is -0.137. The number of rotatable bonds is 8. The van der Waals surface area contributed by atoms with E-state index in [0.717, 1.165) is 0 Å². The largest absolute Gasteiger partial charge is 0.481 e. The Morgan fingerprint density at radius 1 is 0.900 bits per heavy atom. The molecule has 0 saturated carbocycles. The molecule has 4 rings (SSSR count). The van der Waals surface area contributed by atoms with E-state index >= 15 is 0 Å². The second kappa shape index (κ2) is 12.7. The van der Waals surface area contributed by atoms with Crippen molar-refractivity contribution in [3.63, 3.8) is 0 Å². The van der Waals surface area contributed by atoms with Gasteiger partial charge >= 0.3 is 12.1 Å². The summed E-state index contributed by atoms with van der Waals surface area (Å²) in [6.45, 7) is 1.77. The quantitative estimate of drug-likeness (QED) is 0.389. The molecular weight excluding hydrogens is 519 g/mol. The van der Waals surface area contributed by atoms with Gasteiger partial charge in [0.25, 0.3) is 11.8 Å². The number of carbonyl (C=O) groups is 4. The molecule has 10 nitrogen and oxygen atoms in total. The van der Waals surface area contributed by atoms with Crippen LogP contribution in [0.15, 0.2) is 72.8 Å². The van der Waals surface area contributed by atoms with E-state index in [1.807, 2.05) is 4.90 Å². The number of hydrogen-bond acceptors (Lipinski definition) is 6. The Morgan fingerprint density at radius 3 is 2.20 bits per heavy atom. The van der Waals surface area contributed by atoms with Gasteiger partial charge in [-0.05, 0) is 48.0 Å². The van der Waals surface area contributed by atoms with Crippen LogP contribution in [0.2, 0.25) is 0 Å². The van der Waals surface area contributed by atoms with E-state index < -0.39 is 36.2 Å². The predicted octanol–water partition coefficient (Wildman–Crippen LogP) is 3.91. The summed E-state index contributed by atoms with van der Waals surface area (Å²) in [6.07, 6.45) is -0.821. The lowest BCUT2D eigenvalue weighted by atomic mass is 10.0. The Bertz CT molecular complexity index is 1380. The molecular formula is C29H29FN4O6. The molecule has 40 heavy (non-hydrogen) atoms. The van der Waals surface area contributed by atoms with Crippen molar-refractivity contribution in [2.24, 2.45) is 0 Å². The summed E-state index contributed by atoms with van der Waals surface area (Å²) in [5, 5.41) is 15.0. The minimum atomic E-state index is -1.13. The first-order valence-corrected chi connectivity index (χ1v) is 12.6. The number of piperazine rings is 1. The zero-order chi connectivity index (χ0) is 28.6. The number of halogens is 1. The number of nitrogens with zero attached hydrogens (tertiary/aromatic N) is 2. The number of methoxy groups -OCH3 is 1. The van der Waals surface area contributed by atoms with Crippen molar-refractivity contribution >= 4 is 35.3 Å². The molecule has 0 spiro atoms. The van der Waals surface area contributed by atoms with Crippen LogP contribution in [0, 0.1) is 5.82 Å². The van der Waals surface area contributed by atoms with E-state index in [1.54, 1.807) is 47.4 Å². The molecule has 1 aliphatic heterocycles. The molecule has 1 unspecified atom stereocenters. The monoisotopic (exact) mass is 548 g/mol. The highest BCUT2D eigenvalue weighted by molar-refractivity contribution is 6.07. The standard InChI is InChI=1S/C29H29FN4O6/c1-40-29(39)34-15-13-33(14-16-34)25-12-9-21(17-24(25)32-27(37)20-5-3-2-4-6-20)28(38)31-23(18-26(35)36)19-7-10-22(30)11-8-19/h2-12,17,23H,13-16,18H2,1H3,(H,31,38)(H,32,37)(H,35,36). The molecule has 3 aromatic rings. The summed E-state index contributed by atoms with van der Waals surface area (Å²) in [6, 6.07) is 17.8. The third-order valence-corrected chi connectivity index (χ3v) is 6.55. The first-order valence-electron chi connectivity index (χ1n) is 12.6. The van der Waals surface area contributed by atoms with E-state index in [9.17, 15) is 28.7 Å². The van der Waals surface area contributed by atoms with E-state index in [-0.39, 0.29) is 11.5 Å². The maximum atomic E-state index is 13.4. The van der Waals surface area contributed by atoms with Gasteiger partial charge in [0.1, 0.15) is 5.82 Å². The van der Waals surface area contributed by atoms with Gasteiger partial charge in [-0.15, -0.1) is 0 Å². The highest BCUT2D eigenvalue weighted by Crippen LogP contribution is 2.30. The smallest absolute Gasteiger partial charge is 0.409 e. The van der Waals surface area contributed by atoms with Crippen molar-refractivity contribution < 1.29 is 33.4 Å². The van der Waals surface area contributed by atoms with E-state index in [0.29, 0.717) is 48.7 Å². The first-order chi connectivity index (χ1) is 19.2. The predicted molar refractivity (Wildman–Crippen MR) is 146 cm³/mol. The molecule has 3 N–H and O–H groups in total. The van der Waals surface area contributed by atoms with Gasteiger partial charge in [0.2, 0.25) is 0 Å². The van der Waals surface area contributed by atoms with Crippen LogP contribution in [0.4, 0.5) is 20.6 Å². The number of anilines is 2. The molecule has 3 amide bonds. The summed E-state index contributed by atoms with van der Waals surface area (Å²) in [4.78, 5) is 53.2. The molecule has 3 aromatic carbocycles. The van der Waals surface area contributed by atoms with Crippen LogP contribution in [0.3, 0.4) is 0 Å². The summed E-state index contributed by atoms with van der Waals surface area (Å²) < 4.78 is 18.2. The van der Waals surface area contributed by atoms with Gasteiger partial charge in [-0.25, -0.2) is 9.18 Å². The van der Waals surface area contributed by atoms with Gasteiger partial charge < -0.3 is 30.3 Å². The Morgan fingerprint density at radius 2 is 1.57 bits per heavy atom. The van der Waals surface area contributed by atoms with Crippen molar-refractivity contribution in [2.45, 2.75) is 12.5 Å². The lowest BCUT2D eigenvalue weighted by Gasteiger charge is -2.36. The zero-order valence-corrected chi connectivity index (χ0v) is 21.8. The summed E-state index contributed by atoms with van der Waals surface area (Å²) in [5.41, 5.74) is 2.10. The van der Waals surface area contributed by atoms with Crippen LogP contribution in [0.1, 0.15) is 38.7 Å². The lowest BCUT2D eigenvalue weighted by Crippen LogP contribution is -2.49. The third kappa shape index (κ3) is 6.93. The SMILES string of the molecule is COC(=O)N1CCN(c2ccc(C(=O)NC(CC(=O)O)c3ccc(F)cc3)cc2NC(=O)c2ccccc2)CC1. The van der Waals surface area contributed by atoms with Crippen LogP contribution < -0.4 is 15.5 Å². The average Bonchev–Trinajstić information content (AvgIpc) is 2.97. The first kappa shape index (κ1) is 28.1. The minimum absolute atomic E-state index is 0.192. The summed E-state index contributed by atoms with van der Waals surface area (Å²) >= 11 is 0. The average molecular weight is 549 g/mol. The van der Waals surface area contributed by atoms with E-state index in [1.165, 1.54) is 37.4 Å². The third-order valence-electron chi connectivity index (χ3n) is 6.55. The maximum Gasteiger partial charge on any atom is 0.409 e. The van der Waals surface area contributed by atoms with Gasteiger partial charge in [-0.2, -0.15) is 0 Å². The molecule has 11 heteroatoms. The van der Waals surface area contributed by atoms with Gasteiger partial charge in [0.15, 0.2) is 0 Å². The fraction of sp³-hybridized carbons (Fsp3) is 0.241. The number of aliphatic carboxylic acids is 1. The Hall–Kier alpha value is -4.93. The number of hydrogen-bond donors (Lipinski definition) is 3. The number of benzene rings is 3. The molecule has 0 aromatic heterocycles. The Kier molecular flexibility index (Phi) is 8.95. The Labute approximate surface area is 230 Å². The molecule has 0 radical (unpaired) electrons. The number of carboxylic acids is 1. The van der Waals surface area contributed by atoms with Gasteiger partial charge in [0.05, 0.1) is 30.9 Å². The Balaban J connectivity index is 1.60.